The summed E-state index contributed by atoms with van der Waals surface area (Å²) in [5, 5.41) is 14.6. The van der Waals surface area contributed by atoms with Crippen LogP contribution in [0.5, 0.6) is 0 Å². The predicted molar refractivity (Wildman–Crippen MR) is 70.2 cm³/mol. The van der Waals surface area contributed by atoms with Crippen LogP contribution in [0.3, 0.4) is 0 Å². The first kappa shape index (κ1) is 12.9. The van der Waals surface area contributed by atoms with Crippen LogP contribution in [-0.2, 0) is 7.05 Å². The van der Waals surface area contributed by atoms with Crippen LogP contribution in [0.2, 0.25) is 0 Å². The highest BCUT2D eigenvalue weighted by Crippen LogP contribution is 2.39. The second kappa shape index (κ2) is 5.42. The van der Waals surface area contributed by atoms with Crippen molar-refractivity contribution >= 4 is 11.8 Å². The van der Waals surface area contributed by atoms with Crippen molar-refractivity contribution in [1.82, 2.24) is 14.9 Å². The predicted octanol–water partition coefficient (Wildman–Crippen LogP) is 1.41. The number of imidazole rings is 1. The Kier molecular flexibility index (Phi) is 4.12. The molecule has 0 amide bonds. The number of hydrogen-bond donors (Lipinski definition) is 2. The van der Waals surface area contributed by atoms with E-state index >= 15 is 0 Å². The first-order valence-corrected chi connectivity index (χ1v) is 7.07. The van der Waals surface area contributed by atoms with Crippen molar-refractivity contribution < 1.29 is 5.11 Å². The standard InChI is InChI=1S/C12H21N3OS/c1-3-14-12(9-16)5-4-10(8-12)17-11-13-6-7-15(11)2/h6-7,10,14,16H,3-5,8-9H2,1-2H3. The molecule has 2 rings (SSSR count). The van der Waals surface area contributed by atoms with Gasteiger partial charge in [-0.1, -0.05) is 18.7 Å². The summed E-state index contributed by atoms with van der Waals surface area (Å²) in [5.74, 6) is 0. The number of nitrogens with zero attached hydrogens (tertiary/aromatic N) is 2. The fraction of sp³-hybridized carbons (Fsp3) is 0.750. The van der Waals surface area contributed by atoms with Gasteiger partial charge in [-0.2, -0.15) is 0 Å². The lowest BCUT2D eigenvalue weighted by atomic mass is 9.99. The highest BCUT2D eigenvalue weighted by atomic mass is 32.2. The van der Waals surface area contributed by atoms with Crippen LogP contribution < -0.4 is 5.32 Å². The molecule has 1 saturated carbocycles. The Balaban J connectivity index is 1.95. The summed E-state index contributed by atoms with van der Waals surface area (Å²) in [6.45, 7) is 3.25. The van der Waals surface area contributed by atoms with Crippen LogP contribution in [0.1, 0.15) is 26.2 Å². The Morgan fingerprint density at radius 2 is 2.53 bits per heavy atom. The van der Waals surface area contributed by atoms with Gasteiger partial charge in [-0.15, -0.1) is 0 Å². The third-order valence-corrected chi connectivity index (χ3v) is 4.81. The lowest BCUT2D eigenvalue weighted by Crippen LogP contribution is -2.46. The molecule has 17 heavy (non-hydrogen) atoms. The molecule has 0 radical (unpaired) electrons. The van der Waals surface area contributed by atoms with Crippen molar-refractivity contribution in [3.63, 3.8) is 0 Å². The number of nitrogens with one attached hydrogen (secondary N) is 1. The van der Waals surface area contributed by atoms with Crippen LogP contribution >= 0.6 is 11.8 Å². The first-order valence-electron chi connectivity index (χ1n) is 6.19. The number of likely N-dealkylation sites (N-methyl/N-ethyl adjacent to an activating group) is 1. The van der Waals surface area contributed by atoms with E-state index in [-0.39, 0.29) is 12.1 Å². The Morgan fingerprint density at radius 3 is 3.12 bits per heavy atom. The number of aliphatic hydroxyl groups is 1. The van der Waals surface area contributed by atoms with E-state index in [9.17, 15) is 5.11 Å². The fourth-order valence-electron chi connectivity index (χ4n) is 2.53. The van der Waals surface area contributed by atoms with Crippen molar-refractivity contribution in [3.05, 3.63) is 12.4 Å². The summed E-state index contributed by atoms with van der Waals surface area (Å²) in [7, 11) is 2.02. The van der Waals surface area contributed by atoms with Gasteiger partial charge in [-0.05, 0) is 25.8 Å². The summed E-state index contributed by atoms with van der Waals surface area (Å²) in [6.07, 6.45) is 7.03. The van der Waals surface area contributed by atoms with Gasteiger partial charge in [0.1, 0.15) is 0 Å². The van der Waals surface area contributed by atoms with Crippen molar-refractivity contribution in [2.24, 2.45) is 7.05 Å². The van der Waals surface area contributed by atoms with Gasteiger partial charge in [0.25, 0.3) is 0 Å². The minimum absolute atomic E-state index is 0.0580. The number of hydrogen-bond acceptors (Lipinski definition) is 4. The fourth-order valence-corrected chi connectivity index (χ4v) is 3.81. The normalized spacial score (nSPS) is 28.8. The molecule has 2 atom stereocenters. The molecule has 1 aromatic heterocycles. The van der Waals surface area contributed by atoms with E-state index in [2.05, 4.69) is 21.8 Å². The zero-order valence-electron chi connectivity index (χ0n) is 10.5. The van der Waals surface area contributed by atoms with Gasteiger partial charge in [0.2, 0.25) is 0 Å². The number of aryl methyl sites for hydroxylation is 1. The molecule has 1 aromatic rings. The van der Waals surface area contributed by atoms with Gasteiger partial charge in [-0.25, -0.2) is 4.98 Å². The van der Waals surface area contributed by atoms with Gasteiger partial charge < -0.3 is 15.0 Å². The van der Waals surface area contributed by atoms with E-state index in [0.29, 0.717) is 5.25 Å². The highest BCUT2D eigenvalue weighted by molar-refractivity contribution is 7.99. The third kappa shape index (κ3) is 2.84. The zero-order valence-corrected chi connectivity index (χ0v) is 11.3. The van der Waals surface area contributed by atoms with Crippen molar-refractivity contribution in [2.75, 3.05) is 13.2 Å². The van der Waals surface area contributed by atoms with E-state index in [4.69, 9.17) is 0 Å². The number of aliphatic hydroxyl groups excluding tert-OH is 1. The number of aromatic nitrogens is 2. The van der Waals surface area contributed by atoms with Gasteiger partial charge in [0.05, 0.1) is 6.61 Å². The summed E-state index contributed by atoms with van der Waals surface area (Å²) in [5.41, 5.74) is -0.0580. The van der Waals surface area contributed by atoms with Gasteiger partial charge in [0, 0.05) is 30.2 Å². The number of rotatable bonds is 5. The monoisotopic (exact) mass is 255 g/mol. The molecule has 1 aliphatic rings. The number of thioether (sulfide) groups is 1. The highest BCUT2D eigenvalue weighted by Gasteiger charge is 2.38. The molecule has 2 unspecified atom stereocenters. The van der Waals surface area contributed by atoms with E-state index < -0.39 is 0 Å². The second-order valence-electron chi connectivity index (χ2n) is 4.77. The molecule has 0 bridgehead atoms. The molecule has 5 heteroatoms. The zero-order chi connectivity index (χ0) is 12.3. The molecule has 0 aliphatic heterocycles. The SMILES string of the molecule is CCNC1(CO)CCC(Sc2nccn2C)C1. The lowest BCUT2D eigenvalue weighted by molar-refractivity contribution is 0.167. The molecule has 0 spiro atoms. The average molecular weight is 255 g/mol. The van der Waals surface area contributed by atoms with Crippen molar-refractivity contribution in [2.45, 2.75) is 42.1 Å². The summed E-state index contributed by atoms with van der Waals surface area (Å²) in [6, 6.07) is 0. The largest absolute Gasteiger partial charge is 0.394 e. The van der Waals surface area contributed by atoms with Gasteiger partial charge in [0.15, 0.2) is 5.16 Å². The Labute approximate surface area is 107 Å². The molecular formula is C12H21N3OS. The minimum Gasteiger partial charge on any atom is -0.394 e. The Bertz CT molecular complexity index is 368. The molecule has 4 nitrogen and oxygen atoms in total. The molecule has 1 heterocycles. The van der Waals surface area contributed by atoms with Crippen molar-refractivity contribution in [1.29, 1.82) is 0 Å². The van der Waals surface area contributed by atoms with Gasteiger partial charge >= 0.3 is 0 Å². The van der Waals surface area contributed by atoms with Crippen LogP contribution in [0.15, 0.2) is 17.6 Å². The summed E-state index contributed by atoms with van der Waals surface area (Å²) < 4.78 is 2.05. The summed E-state index contributed by atoms with van der Waals surface area (Å²) in [4.78, 5) is 4.34. The Morgan fingerprint density at radius 1 is 1.71 bits per heavy atom. The van der Waals surface area contributed by atoms with E-state index in [1.165, 1.54) is 0 Å². The maximum Gasteiger partial charge on any atom is 0.167 e. The van der Waals surface area contributed by atoms with E-state index in [1.807, 2.05) is 31.2 Å². The molecular weight excluding hydrogens is 234 g/mol. The summed E-state index contributed by atoms with van der Waals surface area (Å²) >= 11 is 1.83. The lowest BCUT2D eigenvalue weighted by Gasteiger charge is -2.27. The molecule has 2 N–H and O–H groups in total. The molecule has 1 aliphatic carbocycles. The van der Waals surface area contributed by atoms with Crippen LogP contribution in [-0.4, -0.2) is 38.6 Å². The van der Waals surface area contributed by atoms with E-state index in [0.717, 1.165) is 31.0 Å². The topological polar surface area (TPSA) is 50.1 Å². The molecule has 0 saturated heterocycles. The maximum absolute atomic E-state index is 9.55. The van der Waals surface area contributed by atoms with Gasteiger partial charge in [-0.3, -0.25) is 0 Å². The maximum atomic E-state index is 9.55. The van der Waals surface area contributed by atoms with Crippen molar-refractivity contribution in [3.8, 4) is 0 Å². The van der Waals surface area contributed by atoms with E-state index in [1.54, 1.807) is 0 Å². The smallest absolute Gasteiger partial charge is 0.167 e. The quantitative estimate of drug-likeness (QED) is 0.835. The van der Waals surface area contributed by atoms with Crippen LogP contribution in [0, 0.1) is 0 Å². The van der Waals surface area contributed by atoms with Crippen LogP contribution in [0.4, 0.5) is 0 Å². The second-order valence-corrected chi connectivity index (χ2v) is 6.04. The molecule has 1 fully saturated rings. The first-order chi connectivity index (χ1) is 8.19. The Hall–Kier alpha value is -0.520. The minimum atomic E-state index is -0.0580. The average Bonchev–Trinajstić information content (AvgIpc) is 2.89. The molecule has 96 valence electrons. The third-order valence-electron chi connectivity index (χ3n) is 3.47. The van der Waals surface area contributed by atoms with Crippen LogP contribution in [0.25, 0.3) is 0 Å². The molecule has 0 aromatic carbocycles.